The highest BCUT2D eigenvalue weighted by Crippen LogP contribution is 2.28. The summed E-state index contributed by atoms with van der Waals surface area (Å²) in [5.41, 5.74) is 4.81. The summed E-state index contributed by atoms with van der Waals surface area (Å²) >= 11 is 0. The van der Waals surface area contributed by atoms with Crippen molar-refractivity contribution in [1.82, 2.24) is 24.7 Å². The van der Waals surface area contributed by atoms with Crippen LogP contribution >= 0.6 is 0 Å². The Kier molecular flexibility index (Phi) is 4.44. The van der Waals surface area contributed by atoms with Crippen LogP contribution in [0.2, 0.25) is 0 Å². The predicted molar refractivity (Wildman–Crippen MR) is 111 cm³/mol. The average Bonchev–Trinajstić information content (AvgIpc) is 3.41. The number of morpholine rings is 1. The predicted octanol–water partition coefficient (Wildman–Crippen LogP) is 2.65. The summed E-state index contributed by atoms with van der Waals surface area (Å²) in [4.78, 5) is 25.2. The van der Waals surface area contributed by atoms with Crippen molar-refractivity contribution in [3.05, 3.63) is 54.0 Å². The standard InChI is InChI=1S/C21H20N6O3/c1-13-3-2-4-14(11-13)15-5-6-27(25-15)17-12-16(26-7-9-30-10-8-26)18-19(22-17)24-20(23-18)21(28)29/h2-6,11-12H,7-10H2,1H3,(H,28,29)(H,22,23,24). The van der Waals surface area contributed by atoms with Crippen LogP contribution in [-0.4, -0.2) is 62.1 Å². The zero-order chi connectivity index (χ0) is 20.7. The van der Waals surface area contributed by atoms with Gasteiger partial charge in [-0.05, 0) is 19.1 Å². The van der Waals surface area contributed by atoms with Crippen LogP contribution in [0.1, 0.15) is 16.2 Å². The number of benzene rings is 1. The van der Waals surface area contributed by atoms with Crippen LogP contribution < -0.4 is 4.90 Å². The van der Waals surface area contributed by atoms with E-state index in [2.05, 4.69) is 31.0 Å². The van der Waals surface area contributed by atoms with Crippen molar-refractivity contribution in [2.45, 2.75) is 6.92 Å². The molecule has 0 bridgehead atoms. The number of rotatable bonds is 4. The van der Waals surface area contributed by atoms with Gasteiger partial charge in [0.2, 0.25) is 5.82 Å². The zero-order valence-electron chi connectivity index (χ0n) is 16.4. The number of aromatic amines is 1. The smallest absolute Gasteiger partial charge is 0.371 e. The SMILES string of the molecule is Cc1cccc(-c2ccn(-c3cc(N4CCOCC4)c4[nH]c(C(=O)O)nc4n3)n2)c1. The van der Waals surface area contributed by atoms with Crippen molar-refractivity contribution in [3.63, 3.8) is 0 Å². The Labute approximate surface area is 171 Å². The molecule has 30 heavy (non-hydrogen) atoms. The molecule has 1 aliphatic heterocycles. The Morgan fingerprint density at radius 2 is 2.00 bits per heavy atom. The van der Waals surface area contributed by atoms with Crippen LogP contribution in [-0.2, 0) is 4.74 Å². The van der Waals surface area contributed by atoms with Crippen molar-refractivity contribution in [2.24, 2.45) is 0 Å². The van der Waals surface area contributed by atoms with E-state index in [1.807, 2.05) is 43.5 Å². The Balaban J connectivity index is 1.61. The number of nitrogens with zero attached hydrogens (tertiary/aromatic N) is 5. The van der Waals surface area contributed by atoms with Gasteiger partial charge in [0.15, 0.2) is 11.5 Å². The highest BCUT2D eigenvalue weighted by Gasteiger charge is 2.21. The molecule has 5 rings (SSSR count). The molecule has 0 amide bonds. The van der Waals surface area contributed by atoms with Gasteiger partial charge in [0, 0.05) is 30.9 Å². The molecule has 4 aromatic rings. The third-order valence-electron chi connectivity index (χ3n) is 5.12. The number of pyridine rings is 1. The number of carboxylic acid groups (broad SMARTS) is 1. The minimum Gasteiger partial charge on any atom is -0.475 e. The molecule has 9 heteroatoms. The van der Waals surface area contributed by atoms with Crippen molar-refractivity contribution in [3.8, 4) is 17.1 Å². The molecule has 0 aliphatic carbocycles. The normalized spacial score (nSPS) is 14.4. The number of aromatic nitrogens is 5. The van der Waals surface area contributed by atoms with Gasteiger partial charge >= 0.3 is 5.97 Å². The number of carbonyl (C=O) groups is 1. The Morgan fingerprint density at radius 3 is 2.77 bits per heavy atom. The molecule has 9 nitrogen and oxygen atoms in total. The summed E-state index contributed by atoms with van der Waals surface area (Å²) in [6, 6.07) is 12.0. The second-order valence-corrected chi connectivity index (χ2v) is 7.20. The van der Waals surface area contributed by atoms with Crippen LogP contribution in [0.25, 0.3) is 28.2 Å². The molecule has 0 unspecified atom stereocenters. The van der Waals surface area contributed by atoms with Gasteiger partial charge < -0.3 is 19.7 Å². The van der Waals surface area contributed by atoms with E-state index >= 15 is 0 Å². The van der Waals surface area contributed by atoms with Crippen molar-refractivity contribution >= 4 is 22.8 Å². The van der Waals surface area contributed by atoms with Crippen LogP contribution in [0.5, 0.6) is 0 Å². The number of fused-ring (bicyclic) bond motifs is 1. The van der Waals surface area contributed by atoms with Crippen LogP contribution in [0.4, 0.5) is 5.69 Å². The fourth-order valence-corrected chi connectivity index (χ4v) is 3.64. The highest BCUT2D eigenvalue weighted by atomic mass is 16.5. The number of imidazole rings is 1. The van der Waals surface area contributed by atoms with Crippen molar-refractivity contribution in [2.75, 3.05) is 31.2 Å². The number of aromatic carboxylic acids is 1. The minimum atomic E-state index is -1.12. The van der Waals surface area contributed by atoms with Gasteiger partial charge in [0.25, 0.3) is 0 Å². The number of nitrogens with one attached hydrogen (secondary N) is 1. The van der Waals surface area contributed by atoms with Crippen LogP contribution in [0.3, 0.4) is 0 Å². The number of anilines is 1. The quantitative estimate of drug-likeness (QED) is 0.538. The molecule has 1 fully saturated rings. The first-order valence-electron chi connectivity index (χ1n) is 9.68. The lowest BCUT2D eigenvalue weighted by atomic mass is 10.1. The van der Waals surface area contributed by atoms with E-state index in [9.17, 15) is 9.90 Å². The van der Waals surface area contributed by atoms with Crippen molar-refractivity contribution < 1.29 is 14.6 Å². The topological polar surface area (TPSA) is 109 Å². The fourth-order valence-electron chi connectivity index (χ4n) is 3.64. The molecule has 0 spiro atoms. The van der Waals surface area contributed by atoms with Gasteiger partial charge in [-0.1, -0.05) is 23.8 Å². The monoisotopic (exact) mass is 404 g/mol. The summed E-state index contributed by atoms with van der Waals surface area (Å²) in [5, 5.41) is 14.0. The highest BCUT2D eigenvalue weighted by molar-refractivity contribution is 5.93. The maximum atomic E-state index is 11.4. The van der Waals surface area contributed by atoms with Gasteiger partial charge in [-0.3, -0.25) is 0 Å². The number of carboxylic acids is 1. The van der Waals surface area contributed by atoms with E-state index in [-0.39, 0.29) is 5.82 Å². The number of hydrogen-bond acceptors (Lipinski definition) is 6. The molecule has 4 heterocycles. The third kappa shape index (κ3) is 3.29. The molecule has 1 aliphatic rings. The van der Waals surface area contributed by atoms with E-state index < -0.39 is 5.97 Å². The number of ether oxygens (including phenoxy) is 1. The second kappa shape index (κ2) is 7.27. The summed E-state index contributed by atoms with van der Waals surface area (Å²) in [5.74, 6) is -0.681. The van der Waals surface area contributed by atoms with Gasteiger partial charge in [-0.2, -0.15) is 5.10 Å². The molecule has 0 atom stereocenters. The summed E-state index contributed by atoms with van der Waals surface area (Å²) in [7, 11) is 0. The van der Waals surface area contributed by atoms with Crippen molar-refractivity contribution in [1.29, 1.82) is 0 Å². The van der Waals surface area contributed by atoms with E-state index in [0.717, 1.165) is 22.5 Å². The lowest BCUT2D eigenvalue weighted by Gasteiger charge is -2.29. The van der Waals surface area contributed by atoms with Crippen LogP contribution in [0, 0.1) is 6.92 Å². The van der Waals surface area contributed by atoms with Gasteiger partial charge in [0.05, 0.1) is 24.6 Å². The fraction of sp³-hybridized carbons (Fsp3) is 0.238. The molecule has 152 valence electrons. The summed E-state index contributed by atoms with van der Waals surface area (Å²) in [6.07, 6.45) is 1.85. The van der Waals surface area contributed by atoms with E-state index in [0.29, 0.717) is 43.3 Å². The minimum absolute atomic E-state index is 0.134. The molecular weight excluding hydrogens is 384 g/mol. The van der Waals surface area contributed by atoms with Gasteiger partial charge in [0.1, 0.15) is 5.52 Å². The number of H-pyrrole nitrogens is 1. The number of aryl methyl sites for hydroxylation is 1. The van der Waals surface area contributed by atoms with E-state index in [4.69, 9.17) is 4.74 Å². The lowest BCUT2D eigenvalue weighted by Crippen LogP contribution is -2.36. The molecule has 3 aromatic heterocycles. The largest absolute Gasteiger partial charge is 0.475 e. The molecule has 1 aromatic carbocycles. The van der Waals surface area contributed by atoms with Crippen LogP contribution in [0.15, 0.2) is 42.6 Å². The van der Waals surface area contributed by atoms with E-state index in [1.54, 1.807) is 4.68 Å². The Hall–Kier alpha value is -3.72. The molecule has 1 saturated heterocycles. The number of hydrogen-bond donors (Lipinski definition) is 2. The maximum Gasteiger partial charge on any atom is 0.371 e. The molecule has 0 saturated carbocycles. The average molecular weight is 404 g/mol. The Morgan fingerprint density at radius 1 is 1.17 bits per heavy atom. The van der Waals surface area contributed by atoms with Gasteiger partial charge in [-0.25, -0.2) is 19.4 Å². The Bertz CT molecular complexity index is 1240. The second-order valence-electron chi connectivity index (χ2n) is 7.20. The summed E-state index contributed by atoms with van der Waals surface area (Å²) < 4.78 is 7.15. The zero-order valence-corrected chi connectivity index (χ0v) is 16.4. The molecule has 0 radical (unpaired) electrons. The lowest BCUT2D eigenvalue weighted by molar-refractivity contribution is 0.0685. The first-order chi connectivity index (χ1) is 14.6. The summed E-state index contributed by atoms with van der Waals surface area (Å²) in [6.45, 7) is 4.67. The van der Waals surface area contributed by atoms with E-state index in [1.165, 1.54) is 0 Å². The first kappa shape index (κ1) is 18.3. The maximum absolute atomic E-state index is 11.4. The first-order valence-corrected chi connectivity index (χ1v) is 9.68. The molecule has 2 N–H and O–H groups in total. The van der Waals surface area contributed by atoms with Gasteiger partial charge in [-0.15, -0.1) is 0 Å². The third-order valence-corrected chi connectivity index (χ3v) is 5.12. The molecular formula is C21H20N6O3.